The number of carbonyl (C=O) groups is 2. The molecule has 0 saturated heterocycles. The van der Waals surface area contributed by atoms with Gasteiger partial charge in [0.2, 0.25) is 15.9 Å². The van der Waals surface area contributed by atoms with Crippen LogP contribution in [0, 0.1) is 13.8 Å². The first-order chi connectivity index (χ1) is 13.1. The zero-order valence-corrected chi connectivity index (χ0v) is 17.5. The number of benzene rings is 2. The fraction of sp³-hybridized carbons (Fsp3) is 0.333. The lowest BCUT2D eigenvalue weighted by atomic mass is 10.1. The van der Waals surface area contributed by atoms with Gasteiger partial charge in [0, 0.05) is 31.3 Å². The van der Waals surface area contributed by atoms with Crippen molar-refractivity contribution in [2.24, 2.45) is 0 Å². The number of carbonyl (C=O) groups excluding carboxylic acids is 2. The summed E-state index contributed by atoms with van der Waals surface area (Å²) in [4.78, 5) is 23.6. The highest BCUT2D eigenvalue weighted by molar-refractivity contribution is 7.89. The Morgan fingerprint density at radius 1 is 1.04 bits per heavy atom. The van der Waals surface area contributed by atoms with Gasteiger partial charge in [-0.3, -0.25) is 9.59 Å². The zero-order valence-electron chi connectivity index (χ0n) is 16.7. The predicted octanol–water partition coefficient (Wildman–Crippen LogP) is 3.55. The van der Waals surface area contributed by atoms with E-state index in [9.17, 15) is 18.0 Å². The van der Waals surface area contributed by atoms with Crippen molar-refractivity contribution in [3.05, 3.63) is 59.2 Å². The maximum absolute atomic E-state index is 12.6. The summed E-state index contributed by atoms with van der Waals surface area (Å²) in [5.41, 5.74) is 3.35. The monoisotopic (exact) mass is 402 g/mol. The normalized spacial score (nSPS) is 11.5. The molecule has 0 radical (unpaired) electrons. The van der Waals surface area contributed by atoms with Gasteiger partial charge >= 0.3 is 0 Å². The zero-order chi connectivity index (χ0) is 20.9. The van der Waals surface area contributed by atoms with E-state index in [0.29, 0.717) is 12.0 Å². The Morgan fingerprint density at radius 2 is 1.68 bits per heavy atom. The fourth-order valence-corrected chi connectivity index (χ4v) is 3.93. The number of Topliss-reactive ketones (excluding diaryl/α,β-unsaturated/α-hetero) is 1. The van der Waals surface area contributed by atoms with Crippen molar-refractivity contribution in [3.63, 3.8) is 0 Å². The molecule has 0 heterocycles. The quantitative estimate of drug-likeness (QED) is 0.685. The topological polar surface area (TPSA) is 83.6 Å². The first-order valence-electron chi connectivity index (χ1n) is 9.06. The van der Waals surface area contributed by atoms with Crippen LogP contribution in [0.25, 0.3) is 0 Å². The van der Waals surface area contributed by atoms with E-state index in [1.165, 1.54) is 42.5 Å². The molecule has 0 atom stereocenters. The molecule has 6 nitrogen and oxygen atoms in total. The lowest BCUT2D eigenvalue weighted by Gasteiger charge is -2.17. The van der Waals surface area contributed by atoms with Crippen LogP contribution in [0.4, 0.5) is 5.69 Å². The Morgan fingerprint density at radius 3 is 2.29 bits per heavy atom. The molecule has 0 aromatic heterocycles. The van der Waals surface area contributed by atoms with Crippen molar-refractivity contribution in [2.45, 2.75) is 38.5 Å². The van der Waals surface area contributed by atoms with E-state index in [2.05, 4.69) is 5.32 Å². The number of amides is 1. The Balaban J connectivity index is 1.91. The Hall–Kier alpha value is -2.51. The minimum Gasteiger partial charge on any atom is -0.326 e. The maximum Gasteiger partial charge on any atom is 0.242 e. The van der Waals surface area contributed by atoms with Gasteiger partial charge in [0.15, 0.2) is 5.78 Å². The summed E-state index contributed by atoms with van der Waals surface area (Å²) in [5, 5.41) is 2.87. The van der Waals surface area contributed by atoms with E-state index in [-0.39, 0.29) is 29.6 Å². The Labute approximate surface area is 166 Å². The van der Waals surface area contributed by atoms with Crippen LogP contribution in [0.2, 0.25) is 0 Å². The van der Waals surface area contributed by atoms with E-state index in [1.807, 2.05) is 32.0 Å². The highest BCUT2D eigenvalue weighted by Crippen LogP contribution is 2.19. The molecule has 7 heteroatoms. The molecule has 0 fully saturated rings. The van der Waals surface area contributed by atoms with Crippen LogP contribution < -0.4 is 5.32 Å². The van der Waals surface area contributed by atoms with E-state index in [0.717, 1.165) is 16.8 Å². The summed E-state index contributed by atoms with van der Waals surface area (Å²) in [7, 11) is -2.18. The molecule has 0 aliphatic carbocycles. The molecule has 150 valence electrons. The van der Waals surface area contributed by atoms with Crippen molar-refractivity contribution < 1.29 is 18.0 Å². The van der Waals surface area contributed by atoms with Crippen LogP contribution >= 0.6 is 0 Å². The fourth-order valence-electron chi connectivity index (χ4n) is 2.72. The number of hydrogen-bond acceptors (Lipinski definition) is 4. The van der Waals surface area contributed by atoms with Crippen molar-refractivity contribution in [1.29, 1.82) is 0 Å². The first kappa shape index (κ1) is 21.8. The minimum absolute atomic E-state index is 0.118. The number of ketones is 1. The van der Waals surface area contributed by atoms with Gasteiger partial charge in [0.25, 0.3) is 0 Å². The Kier molecular flexibility index (Phi) is 7.10. The van der Waals surface area contributed by atoms with Crippen LogP contribution in [-0.4, -0.2) is 38.0 Å². The third kappa shape index (κ3) is 5.27. The summed E-state index contributed by atoms with van der Waals surface area (Å²) in [6, 6.07) is 11.6. The standard InChI is InChI=1S/C21H26N2O4S/c1-15-7-5-8-20(16(15)2)22-21(25)9-6-14-23(4)28(26,27)19-12-10-18(11-13-19)17(3)24/h5,7-8,10-13H,6,9,14H2,1-4H3,(H,22,25). The number of nitrogens with one attached hydrogen (secondary N) is 1. The van der Waals surface area contributed by atoms with Gasteiger partial charge < -0.3 is 5.32 Å². The molecule has 28 heavy (non-hydrogen) atoms. The summed E-state index contributed by atoms with van der Waals surface area (Å²) < 4.78 is 26.4. The van der Waals surface area contributed by atoms with E-state index in [4.69, 9.17) is 0 Å². The second kappa shape index (κ2) is 9.12. The molecule has 0 aliphatic rings. The summed E-state index contributed by atoms with van der Waals surface area (Å²) in [5.74, 6) is -0.266. The number of nitrogens with zero attached hydrogens (tertiary/aromatic N) is 1. The van der Waals surface area contributed by atoms with E-state index in [1.54, 1.807) is 0 Å². The highest BCUT2D eigenvalue weighted by Gasteiger charge is 2.20. The van der Waals surface area contributed by atoms with Crippen LogP contribution in [0.3, 0.4) is 0 Å². The van der Waals surface area contributed by atoms with Crippen LogP contribution in [-0.2, 0) is 14.8 Å². The number of rotatable bonds is 8. The molecule has 2 aromatic rings. The lowest BCUT2D eigenvalue weighted by Crippen LogP contribution is -2.28. The summed E-state index contributed by atoms with van der Waals surface area (Å²) >= 11 is 0. The number of anilines is 1. The van der Waals surface area contributed by atoms with Crippen LogP contribution in [0.1, 0.15) is 41.3 Å². The molecular formula is C21H26N2O4S. The molecule has 2 rings (SSSR count). The second-order valence-electron chi connectivity index (χ2n) is 6.81. The highest BCUT2D eigenvalue weighted by atomic mass is 32.2. The molecule has 0 bridgehead atoms. The van der Waals surface area contributed by atoms with Gasteiger partial charge in [0.1, 0.15) is 0 Å². The lowest BCUT2D eigenvalue weighted by molar-refractivity contribution is -0.116. The molecule has 0 unspecified atom stereocenters. The molecule has 2 aromatic carbocycles. The van der Waals surface area contributed by atoms with Gasteiger partial charge in [-0.05, 0) is 56.5 Å². The average molecular weight is 403 g/mol. The number of hydrogen-bond donors (Lipinski definition) is 1. The SMILES string of the molecule is CC(=O)c1ccc(S(=O)(=O)N(C)CCCC(=O)Nc2cccc(C)c2C)cc1. The third-order valence-electron chi connectivity index (χ3n) is 4.72. The van der Waals surface area contributed by atoms with Crippen molar-refractivity contribution in [3.8, 4) is 0 Å². The number of aryl methyl sites for hydroxylation is 1. The molecular weight excluding hydrogens is 376 g/mol. The molecule has 1 N–H and O–H groups in total. The molecule has 1 amide bonds. The van der Waals surface area contributed by atoms with Crippen LogP contribution in [0.5, 0.6) is 0 Å². The maximum atomic E-state index is 12.6. The molecule has 0 aliphatic heterocycles. The van der Waals surface area contributed by atoms with Gasteiger partial charge in [-0.15, -0.1) is 0 Å². The molecule has 0 saturated carbocycles. The van der Waals surface area contributed by atoms with E-state index < -0.39 is 10.0 Å². The summed E-state index contributed by atoms with van der Waals surface area (Å²) in [6.45, 7) is 5.58. The smallest absolute Gasteiger partial charge is 0.242 e. The van der Waals surface area contributed by atoms with Crippen molar-refractivity contribution in [1.82, 2.24) is 4.31 Å². The third-order valence-corrected chi connectivity index (χ3v) is 6.60. The first-order valence-corrected chi connectivity index (χ1v) is 10.5. The van der Waals surface area contributed by atoms with Gasteiger partial charge in [0.05, 0.1) is 4.90 Å². The second-order valence-corrected chi connectivity index (χ2v) is 8.85. The van der Waals surface area contributed by atoms with Crippen molar-refractivity contribution in [2.75, 3.05) is 18.9 Å². The summed E-state index contributed by atoms with van der Waals surface area (Å²) in [6.07, 6.45) is 0.620. The van der Waals surface area contributed by atoms with Crippen molar-refractivity contribution >= 4 is 27.4 Å². The molecule has 0 spiro atoms. The Bertz CT molecular complexity index is 966. The van der Waals surface area contributed by atoms with Gasteiger partial charge in [-0.25, -0.2) is 12.7 Å². The largest absolute Gasteiger partial charge is 0.326 e. The predicted molar refractivity (Wildman–Crippen MR) is 110 cm³/mol. The van der Waals surface area contributed by atoms with E-state index >= 15 is 0 Å². The van der Waals surface area contributed by atoms with Gasteiger partial charge in [-0.1, -0.05) is 24.3 Å². The average Bonchev–Trinajstić information content (AvgIpc) is 2.65. The number of sulfonamides is 1. The minimum atomic E-state index is -3.66. The van der Waals surface area contributed by atoms with Gasteiger partial charge in [-0.2, -0.15) is 0 Å². The van der Waals surface area contributed by atoms with Crippen LogP contribution in [0.15, 0.2) is 47.4 Å².